The molecule has 2 heterocycles. The van der Waals surface area contributed by atoms with E-state index in [4.69, 9.17) is 11.6 Å². The average molecular weight is 485 g/mol. The first-order chi connectivity index (χ1) is 15.9. The molecule has 1 fully saturated rings. The molecule has 1 saturated heterocycles. The molecule has 1 atom stereocenters. The SMILES string of the molecule is Cc1cccc(-n2c(CC3CC(=O)NC(=O)N3)nnc2SCC(=O)Nc2cccc(Cl)c2)c1. The molecule has 170 valence electrons. The van der Waals surface area contributed by atoms with E-state index < -0.39 is 12.1 Å². The fourth-order valence-corrected chi connectivity index (χ4v) is 4.42. The highest BCUT2D eigenvalue weighted by molar-refractivity contribution is 7.99. The van der Waals surface area contributed by atoms with Gasteiger partial charge < -0.3 is 10.6 Å². The topological polar surface area (TPSA) is 118 Å². The summed E-state index contributed by atoms with van der Waals surface area (Å²) < 4.78 is 1.85. The highest BCUT2D eigenvalue weighted by Gasteiger charge is 2.27. The van der Waals surface area contributed by atoms with Crippen LogP contribution in [0.3, 0.4) is 0 Å². The number of nitrogens with zero attached hydrogens (tertiary/aromatic N) is 3. The summed E-state index contributed by atoms with van der Waals surface area (Å²) in [6, 6.07) is 13.8. The molecule has 9 nitrogen and oxygen atoms in total. The third-order valence-corrected chi connectivity index (χ3v) is 6.01. The molecule has 0 radical (unpaired) electrons. The second-order valence-electron chi connectivity index (χ2n) is 7.55. The van der Waals surface area contributed by atoms with Crippen LogP contribution in [0.2, 0.25) is 5.02 Å². The average Bonchev–Trinajstić information content (AvgIpc) is 3.14. The Labute approximate surface area is 199 Å². The van der Waals surface area contributed by atoms with Gasteiger partial charge in [-0.3, -0.25) is 19.5 Å². The van der Waals surface area contributed by atoms with Crippen LogP contribution < -0.4 is 16.0 Å². The van der Waals surface area contributed by atoms with Gasteiger partial charge in [-0.2, -0.15) is 0 Å². The number of nitrogens with one attached hydrogen (secondary N) is 3. The Hall–Kier alpha value is -3.37. The summed E-state index contributed by atoms with van der Waals surface area (Å²) in [4.78, 5) is 35.9. The fourth-order valence-electron chi connectivity index (χ4n) is 3.46. The molecule has 11 heteroatoms. The number of hydrogen-bond donors (Lipinski definition) is 3. The van der Waals surface area contributed by atoms with Gasteiger partial charge in [-0.05, 0) is 42.8 Å². The zero-order valence-electron chi connectivity index (χ0n) is 17.7. The van der Waals surface area contributed by atoms with Gasteiger partial charge in [-0.1, -0.05) is 41.6 Å². The molecule has 1 aliphatic rings. The van der Waals surface area contributed by atoms with E-state index in [2.05, 4.69) is 26.1 Å². The lowest BCUT2D eigenvalue weighted by Crippen LogP contribution is -2.53. The Morgan fingerprint density at radius 3 is 2.79 bits per heavy atom. The lowest BCUT2D eigenvalue weighted by molar-refractivity contribution is -0.121. The van der Waals surface area contributed by atoms with Crippen molar-refractivity contribution in [2.24, 2.45) is 0 Å². The van der Waals surface area contributed by atoms with Crippen LogP contribution in [-0.4, -0.2) is 44.4 Å². The quantitative estimate of drug-likeness (QED) is 0.443. The number of benzene rings is 2. The predicted molar refractivity (Wildman–Crippen MR) is 126 cm³/mol. The maximum atomic E-state index is 12.5. The molecular formula is C22H21ClN6O3S. The maximum absolute atomic E-state index is 12.5. The molecule has 0 saturated carbocycles. The second-order valence-corrected chi connectivity index (χ2v) is 8.93. The number of hydrogen-bond acceptors (Lipinski definition) is 6. The number of halogens is 1. The first kappa shape index (κ1) is 22.8. The highest BCUT2D eigenvalue weighted by Crippen LogP contribution is 2.24. The number of amides is 4. The van der Waals surface area contributed by atoms with E-state index >= 15 is 0 Å². The third kappa shape index (κ3) is 5.91. The summed E-state index contributed by atoms with van der Waals surface area (Å²) in [6.45, 7) is 1.98. The Morgan fingerprint density at radius 2 is 2.03 bits per heavy atom. The molecule has 3 N–H and O–H groups in total. The molecule has 4 amide bonds. The number of carbonyl (C=O) groups is 3. The first-order valence-corrected chi connectivity index (χ1v) is 11.5. The van der Waals surface area contributed by atoms with Gasteiger partial charge in [-0.15, -0.1) is 10.2 Å². The summed E-state index contributed by atoms with van der Waals surface area (Å²) in [5.41, 5.74) is 2.49. The van der Waals surface area contributed by atoms with E-state index in [1.807, 2.05) is 35.8 Å². The normalized spacial score (nSPS) is 15.6. The van der Waals surface area contributed by atoms with Gasteiger partial charge >= 0.3 is 6.03 Å². The molecular weight excluding hydrogens is 464 g/mol. The van der Waals surface area contributed by atoms with Crippen LogP contribution in [-0.2, 0) is 16.0 Å². The van der Waals surface area contributed by atoms with Crippen LogP contribution in [0.25, 0.3) is 5.69 Å². The minimum Gasteiger partial charge on any atom is -0.334 e. The van der Waals surface area contributed by atoms with Crippen molar-refractivity contribution in [3.63, 3.8) is 0 Å². The van der Waals surface area contributed by atoms with Crippen LogP contribution in [0, 0.1) is 6.92 Å². The van der Waals surface area contributed by atoms with Crippen molar-refractivity contribution in [2.75, 3.05) is 11.1 Å². The number of anilines is 1. The van der Waals surface area contributed by atoms with Gasteiger partial charge in [0.25, 0.3) is 0 Å². The van der Waals surface area contributed by atoms with Gasteiger partial charge in [0.2, 0.25) is 11.8 Å². The van der Waals surface area contributed by atoms with Crippen LogP contribution >= 0.6 is 23.4 Å². The Morgan fingerprint density at radius 1 is 1.21 bits per heavy atom. The number of rotatable bonds is 7. The van der Waals surface area contributed by atoms with Gasteiger partial charge in [0.1, 0.15) is 5.82 Å². The van der Waals surface area contributed by atoms with Gasteiger partial charge in [-0.25, -0.2) is 4.79 Å². The third-order valence-electron chi connectivity index (χ3n) is 4.85. The van der Waals surface area contributed by atoms with Crippen LogP contribution in [0.4, 0.5) is 10.5 Å². The number of imide groups is 1. The molecule has 0 bridgehead atoms. The lowest BCUT2D eigenvalue weighted by Gasteiger charge is -2.23. The van der Waals surface area contributed by atoms with Gasteiger partial charge in [0.05, 0.1) is 5.75 Å². The summed E-state index contributed by atoms with van der Waals surface area (Å²) in [6.07, 6.45) is 0.465. The van der Waals surface area contributed by atoms with E-state index in [0.29, 0.717) is 28.1 Å². The minimum atomic E-state index is -0.523. The Bertz CT molecular complexity index is 1200. The van der Waals surface area contributed by atoms with Crippen molar-refractivity contribution < 1.29 is 14.4 Å². The number of aromatic nitrogens is 3. The number of aryl methyl sites for hydroxylation is 1. The van der Waals surface area contributed by atoms with Gasteiger partial charge in [0, 0.05) is 35.3 Å². The highest BCUT2D eigenvalue weighted by atomic mass is 35.5. The van der Waals surface area contributed by atoms with Crippen molar-refractivity contribution in [1.82, 2.24) is 25.4 Å². The van der Waals surface area contributed by atoms with Crippen molar-refractivity contribution in [2.45, 2.75) is 31.0 Å². The van der Waals surface area contributed by atoms with Crippen molar-refractivity contribution in [1.29, 1.82) is 0 Å². The van der Waals surface area contributed by atoms with Crippen molar-refractivity contribution in [3.05, 3.63) is 64.9 Å². The Balaban J connectivity index is 1.54. The van der Waals surface area contributed by atoms with Crippen LogP contribution in [0.1, 0.15) is 17.8 Å². The molecule has 2 aromatic carbocycles. The zero-order valence-corrected chi connectivity index (χ0v) is 19.2. The molecule has 33 heavy (non-hydrogen) atoms. The summed E-state index contributed by atoms with van der Waals surface area (Å²) in [5, 5.41) is 17.4. The summed E-state index contributed by atoms with van der Waals surface area (Å²) in [5.74, 6) is 0.147. The molecule has 3 aromatic rings. The predicted octanol–water partition coefficient (Wildman–Crippen LogP) is 3.10. The number of carbonyl (C=O) groups excluding carboxylic acids is 3. The van der Waals surface area contributed by atoms with E-state index in [1.165, 1.54) is 11.8 Å². The second kappa shape index (κ2) is 10.1. The van der Waals surface area contributed by atoms with E-state index in [-0.39, 0.29) is 24.0 Å². The van der Waals surface area contributed by atoms with Gasteiger partial charge in [0.15, 0.2) is 5.16 Å². The van der Waals surface area contributed by atoms with Crippen molar-refractivity contribution in [3.8, 4) is 5.69 Å². The largest absolute Gasteiger partial charge is 0.334 e. The molecule has 1 unspecified atom stereocenters. The fraction of sp³-hybridized carbons (Fsp3) is 0.227. The zero-order chi connectivity index (χ0) is 23.4. The summed E-state index contributed by atoms with van der Waals surface area (Å²) in [7, 11) is 0. The molecule has 0 aliphatic carbocycles. The molecule has 4 rings (SSSR count). The van der Waals surface area contributed by atoms with Crippen LogP contribution in [0.5, 0.6) is 0 Å². The minimum absolute atomic E-state index is 0.110. The molecule has 1 aliphatic heterocycles. The maximum Gasteiger partial charge on any atom is 0.321 e. The van der Waals surface area contributed by atoms with E-state index in [1.54, 1.807) is 24.3 Å². The Kier molecular flexibility index (Phi) is 6.95. The molecule has 0 spiro atoms. The standard InChI is InChI=1S/C22H21ClN6O3S/c1-13-4-2-7-17(8-13)29-18(10-16-11-19(30)26-21(32)25-16)27-28-22(29)33-12-20(31)24-15-6-3-5-14(23)9-15/h2-9,16H,10-12H2,1H3,(H,24,31)(H2,25,26,30,32). The summed E-state index contributed by atoms with van der Waals surface area (Å²) >= 11 is 7.22. The first-order valence-electron chi connectivity index (χ1n) is 10.2. The van der Waals surface area contributed by atoms with E-state index in [0.717, 1.165) is 11.3 Å². The van der Waals surface area contributed by atoms with Crippen molar-refractivity contribution >= 4 is 46.9 Å². The smallest absolute Gasteiger partial charge is 0.321 e. The number of urea groups is 1. The number of thioether (sulfide) groups is 1. The van der Waals surface area contributed by atoms with E-state index in [9.17, 15) is 14.4 Å². The molecule has 1 aromatic heterocycles. The lowest BCUT2D eigenvalue weighted by atomic mass is 10.1. The monoisotopic (exact) mass is 484 g/mol. The van der Waals surface area contributed by atoms with Crippen LogP contribution in [0.15, 0.2) is 53.7 Å².